The molecule has 1 saturated carbocycles. The summed E-state index contributed by atoms with van der Waals surface area (Å²) >= 11 is 0. The molecule has 1 aromatic rings. The number of rotatable bonds is 4. The number of nitrogens with one attached hydrogen (secondary N) is 2. The maximum atomic E-state index is 13.0. The van der Waals surface area contributed by atoms with Crippen molar-refractivity contribution in [2.75, 3.05) is 19.6 Å². The molecule has 3 fully saturated rings. The summed E-state index contributed by atoms with van der Waals surface area (Å²) in [6, 6.07) is 4.49. The van der Waals surface area contributed by atoms with E-state index < -0.39 is 23.8 Å². The summed E-state index contributed by atoms with van der Waals surface area (Å²) in [6.45, 7) is 5.88. The summed E-state index contributed by atoms with van der Waals surface area (Å²) in [5.41, 5.74) is 1.79. The van der Waals surface area contributed by atoms with Crippen LogP contribution in [0.25, 0.3) is 0 Å². The normalized spacial score (nSPS) is 29.9. The number of carbonyl (C=O) groups is 4. The van der Waals surface area contributed by atoms with Gasteiger partial charge in [-0.3, -0.25) is 34.3 Å². The van der Waals surface area contributed by atoms with Crippen molar-refractivity contribution in [3.8, 4) is 0 Å². The Bertz CT molecular complexity index is 956. The third-order valence-corrected chi connectivity index (χ3v) is 7.10. The minimum atomic E-state index is -0.926. The molecule has 0 bridgehead atoms. The number of piperazine rings is 1. The smallest absolute Gasteiger partial charge is 0.262 e. The quantitative estimate of drug-likeness (QED) is 0.708. The Morgan fingerprint density at radius 2 is 1.83 bits per heavy atom. The van der Waals surface area contributed by atoms with Crippen molar-refractivity contribution in [3.05, 3.63) is 34.9 Å². The fourth-order valence-electron chi connectivity index (χ4n) is 5.13. The molecule has 8 heteroatoms. The Balaban J connectivity index is 1.38. The maximum Gasteiger partial charge on any atom is 0.262 e. The summed E-state index contributed by atoms with van der Waals surface area (Å²) in [5, 5.41) is 5.74. The van der Waals surface area contributed by atoms with Crippen LogP contribution in [-0.2, 0) is 16.1 Å². The first kappa shape index (κ1) is 19.4. The highest BCUT2D eigenvalue weighted by Gasteiger charge is 2.47. The molecule has 5 rings (SSSR count). The van der Waals surface area contributed by atoms with Crippen LogP contribution < -0.4 is 10.6 Å². The molecule has 3 heterocycles. The minimum absolute atomic E-state index is 0.107. The molecule has 1 aromatic carbocycles. The first-order valence-electron chi connectivity index (χ1n) is 10.7. The van der Waals surface area contributed by atoms with Crippen LogP contribution in [0.1, 0.15) is 58.9 Å². The molecule has 1 aliphatic carbocycles. The van der Waals surface area contributed by atoms with Crippen molar-refractivity contribution in [2.45, 2.75) is 50.7 Å². The van der Waals surface area contributed by atoms with Gasteiger partial charge in [-0.15, -0.1) is 0 Å². The Morgan fingerprint density at radius 1 is 1.07 bits per heavy atom. The summed E-state index contributed by atoms with van der Waals surface area (Å²) in [6.07, 6.45) is 2.81. The average molecular weight is 410 g/mol. The van der Waals surface area contributed by atoms with Crippen molar-refractivity contribution >= 4 is 23.6 Å². The topological polar surface area (TPSA) is 98.8 Å². The van der Waals surface area contributed by atoms with E-state index in [1.807, 2.05) is 6.07 Å². The van der Waals surface area contributed by atoms with E-state index in [-0.39, 0.29) is 24.3 Å². The first-order chi connectivity index (χ1) is 14.4. The molecule has 2 N–H and O–H groups in total. The molecule has 0 aromatic heterocycles. The van der Waals surface area contributed by atoms with Crippen molar-refractivity contribution in [1.29, 1.82) is 0 Å². The third-order valence-electron chi connectivity index (χ3n) is 7.10. The van der Waals surface area contributed by atoms with Crippen LogP contribution in [-0.4, -0.2) is 64.6 Å². The summed E-state index contributed by atoms with van der Waals surface area (Å²) in [7, 11) is 0. The van der Waals surface area contributed by atoms with Gasteiger partial charge in [0.1, 0.15) is 6.04 Å². The second kappa shape index (κ2) is 6.99. The fourth-order valence-corrected chi connectivity index (χ4v) is 5.13. The zero-order valence-electron chi connectivity index (χ0n) is 17.1. The zero-order valence-corrected chi connectivity index (χ0v) is 17.1. The minimum Gasteiger partial charge on any atom is -0.314 e. The van der Waals surface area contributed by atoms with Gasteiger partial charge in [0, 0.05) is 38.1 Å². The van der Waals surface area contributed by atoms with Gasteiger partial charge in [0.05, 0.1) is 11.1 Å². The number of piperidine rings is 1. The lowest BCUT2D eigenvalue weighted by atomic mass is 9.90. The van der Waals surface area contributed by atoms with Gasteiger partial charge in [0.15, 0.2) is 0 Å². The molecule has 2 atom stereocenters. The number of nitrogens with zero attached hydrogens (tertiary/aromatic N) is 2. The van der Waals surface area contributed by atoms with E-state index >= 15 is 0 Å². The van der Waals surface area contributed by atoms with E-state index in [0.29, 0.717) is 17.0 Å². The number of hydrogen-bond donors (Lipinski definition) is 2. The predicted octanol–water partition coefficient (Wildman–Crippen LogP) is 0.662. The summed E-state index contributed by atoms with van der Waals surface area (Å²) < 4.78 is 0. The predicted molar refractivity (Wildman–Crippen MR) is 108 cm³/mol. The van der Waals surface area contributed by atoms with E-state index in [0.717, 1.165) is 36.6 Å². The Kier molecular flexibility index (Phi) is 4.52. The van der Waals surface area contributed by atoms with Crippen LogP contribution in [0.3, 0.4) is 0 Å². The zero-order chi connectivity index (χ0) is 21.0. The average Bonchev–Trinajstić information content (AvgIpc) is 3.54. The number of benzene rings is 1. The van der Waals surface area contributed by atoms with Gasteiger partial charge >= 0.3 is 0 Å². The first-order valence-corrected chi connectivity index (χ1v) is 10.7. The van der Waals surface area contributed by atoms with Crippen molar-refractivity contribution in [3.63, 3.8) is 0 Å². The molecule has 0 radical (unpaired) electrons. The van der Waals surface area contributed by atoms with Crippen LogP contribution in [0.5, 0.6) is 0 Å². The fraction of sp³-hybridized carbons (Fsp3) is 0.545. The standard InChI is InChI=1S/C22H26N4O4/c1-22(14-3-4-14)12-23-8-9-25(22)11-13-2-5-15-16(10-13)21(30)26(20(15)29)17-6-7-18(27)24-19(17)28/h2,5,10,14,17,23H,3-4,6-9,11-12H2,1H3,(H,24,27,28). The SMILES string of the molecule is CC1(C2CC2)CNCCN1Cc1ccc2c(c1)C(=O)N(C1CCC(=O)NC1=O)C2=O. The van der Waals surface area contributed by atoms with Crippen molar-refractivity contribution in [1.82, 2.24) is 20.4 Å². The van der Waals surface area contributed by atoms with E-state index in [1.165, 1.54) is 12.8 Å². The molecule has 2 saturated heterocycles. The van der Waals surface area contributed by atoms with Crippen molar-refractivity contribution < 1.29 is 19.2 Å². The number of carbonyl (C=O) groups excluding carboxylic acids is 4. The van der Waals surface area contributed by atoms with E-state index in [1.54, 1.807) is 12.1 Å². The number of amides is 4. The largest absolute Gasteiger partial charge is 0.314 e. The molecule has 4 aliphatic rings. The van der Waals surface area contributed by atoms with Gasteiger partial charge in [-0.2, -0.15) is 0 Å². The second-order valence-electron chi connectivity index (χ2n) is 9.06. The Labute approximate surface area is 175 Å². The van der Waals surface area contributed by atoms with Crippen molar-refractivity contribution in [2.24, 2.45) is 5.92 Å². The second-order valence-corrected chi connectivity index (χ2v) is 9.06. The van der Waals surface area contributed by atoms with E-state index in [4.69, 9.17) is 0 Å². The molecule has 4 amide bonds. The molecule has 3 aliphatic heterocycles. The lowest BCUT2D eigenvalue weighted by Crippen LogP contribution is -2.60. The Hall–Kier alpha value is -2.58. The van der Waals surface area contributed by atoms with E-state index in [2.05, 4.69) is 22.5 Å². The van der Waals surface area contributed by atoms with Crippen LogP contribution in [0, 0.1) is 5.92 Å². The molecule has 158 valence electrons. The highest BCUT2D eigenvalue weighted by Crippen LogP contribution is 2.44. The van der Waals surface area contributed by atoms with Crippen LogP contribution >= 0.6 is 0 Å². The van der Waals surface area contributed by atoms with Gasteiger partial charge in [-0.1, -0.05) is 6.07 Å². The van der Waals surface area contributed by atoms with E-state index in [9.17, 15) is 19.2 Å². The van der Waals surface area contributed by atoms with Gasteiger partial charge < -0.3 is 5.32 Å². The van der Waals surface area contributed by atoms with Crippen LogP contribution in [0.4, 0.5) is 0 Å². The van der Waals surface area contributed by atoms with Gasteiger partial charge in [0.2, 0.25) is 11.8 Å². The highest BCUT2D eigenvalue weighted by atomic mass is 16.2. The highest BCUT2D eigenvalue weighted by molar-refractivity contribution is 6.23. The molecule has 30 heavy (non-hydrogen) atoms. The number of hydrogen-bond acceptors (Lipinski definition) is 6. The number of fused-ring (bicyclic) bond motifs is 1. The Morgan fingerprint density at radius 3 is 2.57 bits per heavy atom. The molecule has 8 nitrogen and oxygen atoms in total. The third kappa shape index (κ3) is 3.06. The van der Waals surface area contributed by atoms with Gasteiger partial charge in [0.25, 0.3) is 11.8 Å². The lowest BCUT2D eigenvalue weighted by molar-refractivity contribution is -0.136. The molecular formula is C22H26N4O4. The molecular weight excluding hydrogens is 384 g/mol. The van der Waals surface area contributed by atoms with Gasteiger partial charge in [-0.25, -0.2) is 0 Å². The molecule has 0 spiro atoms. The molecule has 2 unspecified atom stereocenters. The van der Waals surface area contributed by atoms with Crippen LogP contribution in [0.2, 0.25) is 0 Å². The maximum absolute atomic E-state index is 13.0. The number of imide groups is 2. The van der Waals surface area contributed by atoms with Gasteiger partial charge in [-0.05, 0) is 49.8 Å². The summed E-state index contributed by atoms with van der Waals surface area (Å²) in [4.78, 5) is 53.0. The monoisotopic (exact) mass is 410 g/mol. The summed E-state index contributed by atoms with van der Waals surface area (Å²) in [5.74, 6) is -1.16. The lowest BCUT2D eigenvalue weighted by Gasteiger charge is -2.46. The van der Waals surface area contributed by atoms with Crippen LogP contribution in [0.15, 0.2) is 18.2 Å².